The molecule has 2 aliphatic heterocycles. The largest absolute Gasteiger partial charge is 0.378 e. The minimum absolute atomic E-state index is 0. The van der Waals surface area contributed by atoms with E-state index in [1.807, 2.05) is 35.8 Å². The van der Waals surface area contributed by atoms with Crippen LogP contribution < -0.4 is 10.2 Å². The van der Waals surface area contributed by atoms with Crippen LogP contribution in [0.1, 0.15) is 19.4 Å². The van der Waals surface area contributed by atoms with Gasteiger partial charge in [-0.05, 0) is 31.5 Å². The van der Waals surface area contributed by atoms with Crippen LogP contribution in [0.3, 0.4) is 0 Å². The predicted octanol–water partition coefficient (Wildman–Crippen LogP) is 1.84. The molecule has 1 aromatic rings. The normalized spacial score (nSPS) is 17.5. The van der Waals surface area contributed by atoms with Crippen molar-refractivity contribution in [3.63, 3.8) is 0 Å². The quantitative estimate of drug-likeness (QED) is 0.304. The van der Waals surface area contributed by atoms with Crippen molar-refractivity contribution in [1.29, 1.82) is 0 Å². The standard InChI is InChI=1S/C23H37FN6O2.HI/c1-4-28(5-2)21-7-6-19(16-20(21)24)17-26-23(25-3)30-10-8-27(9-11-30)18-22(31)29-12-14-32-15-13-29;/h6-7,16H,4-5,8-15,17-18H2,1-3H3,(H,25,26);1H. The summed E-state index contributed by atoms with van der Waals surface area (Å²) in [5.41, 5.74) is 1.53. The van der Waals surface area contributed by atoms with Crippen LogP contribution in [0.4, 0.5) is 10.1 Å². The molecule has 2 saturated heterocycles. The van der Waals surface area contributed by atoms with Gasteiger partial charge in [0.05, 0.1) is 25.4 Å². The van der Waals surface area contributed by atoms with E-state index in [-0.39, 0.29) is 35.7 Å². The summed E-state index contributed by atoms with van der Waals surface area (Å²) in [4.78, 5) is 25.2. The summed E-state index contributed by atoms with van der Waals surface area (Å²) in [5.74, 6) is 0.790. The zero-order valence-electron chi connectivity index (χ0n) is 20.1. The molecule has 0 unspecified atom stereocenters. The van der Waals surface area contributed by atoms with Crippen molar-refractivity contribution in [1.82, 2.24) is 20.0 Å². The minimum Gasteiger partial charge on any atom is -0.378 e. The molecule has 0 atom stereocenters. The molecular formula is C23H38FIN6O2. The summed E-state index contributed by atoms with van der Waals surface area (Å²) >= 11 is 0. The fourth-order valence-electron chi connectivity index (χ4n) is 4.22. The highest BCUT2D eigenvalue weighted by Gasteiger charge is 2.24. The van der Waals surface area contributed by atoms with Crippen molar-refractivity contribution in [2.24, 2.45) is 4.99 Å². The summed E-state index contributed by atoms with van der Waals surface area (Å²) in [6.45, 7) is 12.4. The predicted molar refractivity (Wildman–Crippen MR) is 141 cm³/mol. The number of hydrogen-bond donors (Lipinski definition) is 1. The number of ether oxygens (including phenoxy) is 1. The van der Waals surface area contributed by atoms with Crippen LogP contribution in [0.5, 0.6) is 0 Å². The van der Waals surface area contributed by atoms with Gasteiger partial charge in [-0.1, -0.05) is 6.07 Å². The second-order valence-corrected chi connectivity index (χ2v) is 8.12. The number of rotatable bonds is 7. The summed E-state index contributed by atoms with van der Waals surface area (Å²) < 4.78 is 19.9. The number of amides is 1. The van der Waals surface area contributed by atoms with E-state index in [0.717, 1.165) is 50.8 Å². The molecule has 1 aromatic carbocycles. The molecule has 0 aromatic heterocycles. The first-order valence-electron chi connectivity index (χ1n) is 11.6. The Morgan fingerprint density at radius 3 is 2.33 bits per heavy atom. The van der Waals surface area contributed by atoms with Crippen molar-refractivity contribution >= 4 is 41.5 Å². The molecule has 2 aliphatic rings. The van der Waals surface area contributed by atoms with Gasteiger partial charge in [-0.3, -0.25) is 14.7 Å². The minimum atomic E-state index is -0.193. The van der Waals surface area contributed by atoms with Crippen LogP contribution in [0.15, 0.2) is 23.2 Å². The Hall–Kier alpha value is -1.66. The first kappa shape index (κ1) is 27.6. The number of nitrogens with zero attached hydrogens (tertiary/aromatic N) is 5. The van der Waals surface area contributed by atoms with E-state index < -0.39 is 0 Å². The molecule has 3 rings (SSSR count). The first-order valence-corrected chi connectivity index (χ1v) is 11.6. The van der Waals surface area contributed by atoms with Crippen LogP contribution in [0.25, 0.3) is 0 Å². The van der Waals surface area contributed by atoms with Gasteiger partial charge in [0.1, 0.15) is 5.82 Å². The molecule has 0 bridgehead atoms. The lowest BCUT2D eigenvalue weighted by Crippen LogP contribution is -2.54. The van der Waals surface area contributed by atoms with E-state index in [4.69, 9.17) is 4.74 Å². The Kier molecular flexibility index (Phi) is 11.6. The van der Waals surface area contributed by atoms with E-state index >= 15 is 0 Å². The van der Waals surface area contributed by atoms with Gasteiger partial charge in [0.15, 0.2) is 5.96 Å². The van der Waals surface area contributed by atoms with Crippen LogP contribution in [-0.4, -0.2) is 106 Å². The molecular weight excluding hydrogens is 538 g/mol. The molecule has 0 saturated carbocycles. The number of benzene rings is 1. The highest BCUT2D eigenvalue weighted by Crippen LogP contribution is 2.20. The SMILES string of the molecule is CCN(CC)c1ccc(CNC(=NC)N2CCN(CC(=O)N3CCOCC3)CC2)cc1F.I. The zero-order valence-corrected chi connectivity index (χ0v) is 22.4. The van der Waals surface area contributed by atoms with Crippen molar-refractivity contribution in [2.45, 2.75) is 20.4 Å². The fraction of sp³-hybridized carbons (Fsp3) is 0.652. The van der Waals surface area contributed by atoms with Crippen LogP contribution in [0.2, 0.25) is 0 Å². The second kappa shape index (κ2) is 13.9. The molecule has 8 nitrogen and oxygen atoms in total. The van der Waals surface area contributed by atoms with E-state index in [0.29, 0.717) is 45.1 Å². The number of aliphatic imine (C=N–C) groups is 1. The third-order valence-electron chi connectivity index (χ3n) is 6.17. The Labute approximate surface area is 214 Å². The summed E-state index contributed by atoms with van der Waals surface area (Å²) in [5, 5.41) is 3.35. The second-order valence-electron chi connectivity index (χ2n) is 8.12. The van der Waals surface area contributed by atoms with Crippen LogP contribution in [-0.2, 0) is 16.1 Å². The van der Waals surface area contributed by atoms with Gasteiger partial charge in [0, 0.05) is 66.0 Å². The highest BCUT2D eigenvalue weighted by molar-refractivity contribution is 14.0. The number of anilines is 1. The van der Waals surface area contributed by atoms with Crippen molar-refractivity contribution in [2.75, 3.05) is 84.1 Å². The zero-order chi connectivity index (χ0) is 22.9. The summed E-state index contributed by atoms with van der Waals surface area (Å²) in [7, 11) is 1.76. The number of hydrogen-bond acceptors (Lipinski definition) is 5. The van der Waals surface area contributed by atoms with Crippen molar-refractivity contribution in [3.05, 3.63) is 29.6 Å². The van der Waals surface area contributed by atoms with Crippen molar-refractivity contribution < 1.29 is 13.9 Å². The number of morpholine rings is 1. The number of halogens is 2. The van der Waals surface area contributed by atoms with Gasteiger partial charge in [0.25, 0.3) is 0 Å². The average molecular weight is 576 g/mol. The van der Waals surface area contributed by atoms with Gasteiger partial charge in [-0.15, -0.1) is 24.0 Å². The number of carbonyl (C=O) groups excluding carboxylic acids is 1. The van der Waals surface area contributed by atoms with E-state index in [2.05, 4.69) is 20.1 Å². The summed E-state index contributed by atoms with van der Waals surface area (Å²) in [6, 6.07) is 5.42. The van der Waals surface area contributed by atoms with Gasteiger partial charge in [-0.2, -0.15) is 0 Å². The monoisotopic (exact) mass is 576 g/mol. The molecule has 0 spiro atoms. The molecule has 0 radical (unpaired) electrons. The Bertz CT molecular complexity index is 778. The molecule has 10 heteroatoms. The van der Waals surface area contributed by atoms with Gasteiger partial charge < -0.3 is 24.8 Å². The highest BCUT2D eigenvalue weighted by atomic mass is 127. The third kappa shape index (κ3) is 7.68. The lowest BCUT2D eigenvalue weighted by Gasteiger charge is -2.37. The maximum atomic E-state index is 14.6. The average Bonchev–Trinajstić information content (AvgIpc) is 2.83. The van der Waals surface area contributed by atoms with E-state index in [1.54, 1.807) is 13.1 Å². The summed E-state index contributed by atoms with van der Waals surface area (Å²) in [6.07, 6.45) is 0. The number of nitrogens with one attached hydrogen (secondary N) is 1. The maximum absolute atomic E-state index is 14.6. The fourth-order valence-corrected chi connectivity index (χ4v) is 4.22. The van der Waals surface area contributed by atoms with E-state index in [9.17, 15) is 9.18 Å². The maximum Gasteiger partial charge on any atom is 0.236 e. The number of guanidine groups is 1. The third-order valence-corrected chi connectivity index (χ3v) is 6.17. The van der Waals surface area contributed by atoms with E-state index in [1.165, 1.54) is 0 Å². The lowest BCUT2D eigenvalue weighted by molar-refractivity contribution is -0.136. The van der Waals surface area contributed by atoms with Crippen LogP contribution in [0, 0.1) is 5.82 Å². The first-order chi connectivity index (χ1) is 15.5. The smallest absolute Gasteiger partial charge is 0.236 e. The molecule has 1 amide bonds. The number of carbonyl (C=O) groups is 1. The Balaban J connectivity index is 0.00000385. The Morgan fingerprint density at radius 1 is 1.09 bits per heavy atom. The molecule has 0 aliphatic carbocycles. The van der Waals surface area contributed by atoms with Crippen LogP contribution >= 0.6 is 24.0 Å². The van der Waals surface area contributed by atoms with Gasteiger partial charge in [0.2, 0.25) is 5.91 Å². The Morgan fingerprint density at radius 2 is 1.76 bits per heavy atom. The van der Waals surface area contributed by atoms with Crippen molar-refractivity contribution in [3.8, 4) is 0 Å². The lowest BCUT2D eigenvalue weighted by atomic mass is 10.1. The molecule has 33 heavy (non-hydrogen) atoms. The number of piperazine rings is 1. The van der Waals surface area contributed by atoms with Gasteiger partial charge in [-0.25, -0.2) is 4.39 Å². The topological polar surface area (TPSA) is 63.7 Å². The molecule has 186 valence electrons. The molecule has 2 fully saturated rings. The molecule has 1 N–H and O–H groups in total. The molecule has 2 heterocycles. The van der Waals surface area contributed by atoms with Gasteiger partial charge >= 0.3 is 0 Å².